The maximum absolute atomic E-state index is 2.31. The molecule has 0 aromatic heterocycles. The predicted molar refractivity (Wildman–Crippen MR) is 54.0 cm³/mol. The van der Waals surface area contributed by atoms with Gasteiger partial charge in [-0.15, -0.1) is 0 Å². The molecule has 0 unspecified atom stereocenters. The van der Waals surface area contributed by atoms with Crippen LogP contribution < -0.4 is 0 Å². The Bertz CT molecular complexity index is 57.9. The largest absolute Gasteiger partial charge is 0.0654 e. The molecule has 0 N–H and O–H groups in total. The molecule has 0 aliphatic carbocycles. The normalized spacial score (nSPS) is 9.82. The molecule has 11 heavy (non-hydrogen) atoms. The molecule has 0 amide bonds. The van der Waals surface area contributed by atoms with Gasteiger partial charge in [0.2, 0.25) is 0 Å². The summed E-state index contributed by atoms with van der Waals surface area (Å²) in [6.07, 6.45) is 8.45. The molecule has 0 heterocycles. The van der Waals surface area contributed by atoms with Gasteiger partial charge >= 0.3 is 0 Å². The molecule has 0 bridgehead atoms. The van der Waals surface area contributed by atoms with Crippen LogP contribution in [-0.4, -0.2) is 25.8 Å². The van der Waals surface area contributed by atoms with Gasteiger partial charge in [-0.1, -0.05) is 59.3 Å². The summed E-state index contributed by atoms with van der Waals surface area (Å²) in [7, 11) is 0. The molecule has 0 rings (SSSR count). The molecule has 0 nitrogen and oxygen atoms in total. The zero-order valence-corrected chi connectivity index (χ0v) is 11.7. The maximum atomic E-state index is 2.31. The summed E-state index contributed by atoms with van der Waals surface area (Å²) < 4.78 is 0. The van der Waals surface area contributed by atoms with E-state index in [2.05, 4.69) is 20.8 Å². The summed E-state index contributed by atoms with van der Waals surface area (Å²) in [6, 6.07) is 0. The van der Waals surface area contributed by atoms with Crippen molar-refractivity contribution in [2.45, 2.75) is 59.3 Å². The molecule has 3 radical (unpaired) electrons. The van der Waals surface area contributed by atoms with Gasteiger partial charge in [-0.2, -0.15) is 0 Å². The smallest absolute Gasteiger partial charge is 0 e. The van der Waals surface area contributed by atoms with E-state index in [4.69, 9.17) is 0 Å². The standard InChI is InChI=1S/C10H22.In/c1-4-7-8-9-10(5-2)6-3;/h10H,4-9H2,1-3H3;. The third-order valence-electron chi connectivity index (χ3n) is 2.37. The van der Waals surface area contributed by atoms with Gasteiger partial charge in [-0.25, -0.2) is 0 Å². The van der Waals surface area contributed by atoms with Crippen LogP contribution in [0, 0.1) is 5.92 Å². The number of hydrogen-bond donors (Lipinski definition) is 0. The topological polar surface area (TPSA) is 0 Å². The average molecular weight is 257 g/mol. The van der Waals surface area contributed by atoms with Crippen LogP contribution in [0.5, 0.6) is 0 Å². The summed E-state index contributed by atoms with van der Waals surface area (Å²) in [5.41, 5.74) is 0. The Morgan fingerprint density at radius 3 is 1.82 bits per heavy atom. The zero-order chi connectivity index (χ0) is 7.82. The fraction of sp³-hybridized carbons (Fsp3) is 1.00. The van der Waals surface area contributed by atoms with Crippen molar-refractivity contribution in [3.63, 3.8) is 0 Å². The van der Waals surface area contributed by atoms with Gasteiger partial charge in [0, 0.05) is 25.8 Å². The van der Waals surface area contributed by atoms with Crippen molar-refractivity contribution in [2.75, 3.05) is 0 Å². The van der Waals surface area contributed by atoms with Crippen molar-refractivity contribution in [3.05, 3.63) is 0 Å². The van der Waals surface area contributed by atoms with Crippen LogP contribution in [-0.2, 0) is 0 Å². The molecular formula is C10H22In. The monoisotopic (exact) mass is 257 g/mol. The Hall–Kier alpha value is 0.870. The van der Waals surface area contributed by atoms with E-state index >= 15 is 0 Å². The molecule has 0 aromatic rings. The second-order valence-corrected chi connectivity index (χ2v) is 3.18. The first-order chi connectivity index (χ1) is 4.85. The minimum atomic E-state index is 0. The Morgan fingerprint density at radius 2 is 1.45 bits per heavy atom. The average Bonchev–Trinajstić information content (AvgIpc) is 1.99. The Balaban J connectivity index is 0. The first-order valence-electron chi connectivity index (χ1n) is 4.85. The van der Waals surface area contributed by atoms with E-state index in [9.17, 15) is 0 Å². The first-order valence-corrected chi connectivity index (χ1v) is 4.85. The van der Waals surface area contributed by atoms with Crippen LogP contribution in [0.25, 0.3) is 0 Å². The second kappa shape index (κ2) is 10.9. The molecule has 0 saturated carbocycles. The molecule has 0 aliphatic rings. The van der Waals surface area contributed by atoms with E-state index in [0.717, 1.165) is 5.92 Å². The molecule has 0 fully saturated rings. The second-order valence-electron chi connectivity index (χ2n) is 3.18. The number of hydrogen-bond acceptors (Lipinski definition) is 0. The summed E-state index contributed by atoms with van der Waals surface area (Å²) in [4.78, 5) is 0. The van der Waals surface area contributed by atoms with Gasteiger partial charge in [0.1, 0.15) is 0 Å². The van der Waals surface area contributed by atoms with Crippen LogP contribution in [0.3, 0.4) is 0 Å². The summed E-state index contributed by atoms with van der Waals surface area (Å²) in [5.74, 6) is 1.01. The van der Waals surface area contributed by atoms with E-state index in [-0.39, 0.29) is 25.8 Å². The van der Waals surface area contributed by atoms with E-state index in [1.165, 1.54) is 38.5 Å². The zero-order valence-electron chi connectivity index (χ0n) is 8.40. The SMILES string of the molecule is CCCCCC(CC)CC.[In]. The van der Waals surface area contributed by atoms with Crippen molar-refractivity contribution in [1.29, 1.82) is 0 Å². The van der Waals surface area contributed by atoms with Gasteiger partial charge in [0.05, 0.1) is 0 Å². The molecule has 0 spiro atoms. The summed E-state index contributed by atoms with van der Waals surface area (Å²) >= 11 is 0. The van der Waals surface area contributed by atoms with E-state index in [1.807, 2.05) is 0 Å². The van der Waals surface area contributed by atoms with Gasteiger partial charge < -0.3 is 0 Å². The van der Waals surface area contributed by atoms with E-state index in [1.54, 1.807) is 0 Å². The fourth-order valence-electron chi connectivity index (χ4n) is 1.38. The molecular weight excluding hydrogens is 235 g/mol. The Kier molecular flexibility index (Phi) is 14.2. The van der Waals surface area contributed by atoms with E-state index in [0.29, 0.717) is 0 Å². The minimum absolute atomic E-state index is 0. The number of rotatable bonds is 6. The van der Waals surface area contributed by atoms with Gasteiger partial charge in [-0.05, 0) is 5.92 Å². The minimum Gasteiger partial charge on any atom is -0.0654 e. The van der Waals surface area contributed by atoms with E-state index < -0.39 is 0 Å². The number of unbranched alkanes of at least 4 members (excludes halogenated alkanes) is 2. The predicted octanol–water partition coefficient (Wildman–Crippen LogP) is 3.62. The molecule has 0 saturated heterocycles. The van der Waals surface area contributed by atoms with Crippen LogP contribution in [0.15, 0.2) is 0 Å². The summed E-state index contributed by atoms with van der Waals surface area (Å²) in [6.45, 7) is 6.88. The van der Waals surface area contributed by atoms with Crippen LogP contribution in [0.4, 0.5) is 0 Å². The van der Waals surface area contributed by atoms with Crippen molar-refractivity contribution < 1.29 is 0 Å². The third-order valence-corrected chi connectivity index (χ3v) is 2.37. The molecule has 65 valence electrons. The van der Waals surface area contributed by atoms with Crippen LogP contribution in [0.1, 0.15) is 59.3 Å². The maximum Gasteiger partial charge on any atom is 0 e. The van der Waals surface area contributed by atoms with Gasteiger partial charge in [-0.3, -0.25) is 0 Å². The van der Waals surface area contributed by atoms with Gasteiger partial charge in [0.25, 0.3) is 0 Å². The Morgan fingerprint density at radius 1 is 0.909 bits per heavy atom. The molecule has 0 atom stereocenters. The quantitative estimate of drug-likeness (QED) is 0.637. The van der Waals surface area contributed by atoms with Crippen molar-refractivity contribution >= 4 is 25.8 Å². The van der Waals surface area contributed by atoms with Crippen molar-refractivity contribution in [3.8, 4) is 0 Å². The van der Waals surface area contributed by atoms with Crippen molar-refractivity contribution in [1.82, 2.24) is 0 Å². The Labute approximate surface area is 90.9 Å². The van der Waals surface area contributed by atoms with Crippen molar-refractivity contribution in [2.24, 2.45) is 5.92 Å². The molecule has 0 aliphatic heterocycles. The summed E-state index contributed by atoms with van der Waals surface area (Å²) in [5, 5.41) is 0. The van der Waals surface area contributed by atoms with Crippen LogP contribution >= 0.6 is 0 Å². The van der Waals surface area contributed by atoms with Crippen LogP contribution in [0.2, 0.25) is 0 Å². The fourth-order valence-corrected chi connectivity index (χ4v) is 1.38. The first kappa shape index (κ1) is 14.4. The third kappa shape index (κ3) is 8.78. The molecule has 0 aromatic carbocycles. The molecule has 1 heteroatoms. The van der Waals surface area contributed by atoms with Gasteiger partial charge in [0.15, 0.2) is 0 Å².